The van der Waals surface area contributed by atoms with Gasteiger partial charge in [-0.1, -0.05) is 12.2 Å². The number of hydrogen-bond donors (Lipinski definition) is 0. The van der Waals surface area contributed by atoms with E-state index in [0.717, 1.165) is 5.57 Å². The van der Waals surface area contributed by atoms with Crippen molar-refractivity contribution >= 4 is 11.9 Å². The maximum absolute atomic E-state index is 11.0. The highest BCUT2D eigenvalue weighted by Gasteiger charge is 2.10. The monoisotopic (exact) mass is 243 g/mol. The van der Waals surface area contributed by atoms with Crippen LogP contribution in [0.2, 0.25) is 0 Å². The van der Waals surface area contributed by atoms with Crippen molar-refractivity contribution in [3.63, 3.8) is 0 Å². The second kappa shape index (κ2) is 8.75. The van der Waals surface area contributed by atoms with Crippen LogP contribution in [0.15, 0.2) is 12.2 Å². The smallest absolute Gasteiger partial charge is 0.306 e. The average molecular weight is 243 g/mol. The van der Waals surface area contributed by atoms with Crippen molar-refractivity contribution in [3.05, 3.63) is 12.2 Å². The Kier molecular flexibility index (Phi) is 8.05. The maximum Gasteiger partial charge on any atom is 0.306 e. The molecule has 0 atom stereocenters. The minimum Gasteiger partial charge on any atom is -0.469 e. The van der Waals surface area contributed by atoms with E-state index >= 15 is 0 Å². The maximum atomic E-state index is 11.0. The van der Waals surface area contributed by atoms with Crippen molar-refractivity contribution in [3.8, 4) is 0 Å². The summed E-state index contributed by atoms with van der Waals surface area (Å²) in [5, 5.41) is 0. The van der Waals surface area contributed by atoms with Gasteiger partial charge >= 0.3 is 11.9 Å². The second-order valence-corrected chi connectivity index (χ2v) is 3.89. The third kappa shape index (κ3) is 8.45. The fourth-order valence-electron chi connectivity index (χ4n) is 1.35. The first-order chi connectivity index (χ1) is 7.99. The molecule has 0 aliphatic rings. The van der Waals surface area contributed by atoms with Crippen LogP contribution in [0.25, 0.3) is 0 Å². The number of esters is 2. The Hall–Kier alpha value is -1.36. The van der Waals surface area contributed by atoms with E-state index in [9.17, 15) is 9.59 Å². The van der Waals surface area contributed by atoms with Crippen molar-refractivity contribution in [2.24, 2.45) is 0 Å². The first kappa shape index (κ1) is 15.6. The first-order valence-corrected chi connectivity index (χ1v) is 5.50. The lowest BCUT2D eigenvalue weighted by atomic mass is 10.2. The summed E-state index contributed by atoms with van der Waals surface area (Å²) in [6.07, 6.45) is 0.621. The van der Waals surface area contributed by atoms with E-state index in [-0.39, 0.29) is 11.9 Å². The zero-order chi connectivity index (χ0) is 13.3. The summed E-state index contributed by atoms with van der Waals surface area (Å²) in [6.45, 7) is 7.49. The lowest BCUT2D eigenvalue weighted by molar-refractivity contribution is -0.141. The Morgan fingerprint density at radius 3 is 1.76 bits per heavy atom. The largest absolute Gasteiger partial charge is 0.469 e. The third-order valence-corrected chi connectivity index (χ3v) is 2.21. The van der Waals surface area contributed by atoms with Gasteiger partial charge in [-0.05, 0) is 6.92 Å². The number of hydrogen-bond acceptors (Lipinski definition) is 5. The molecule has 0 saturated carbocycles. The van der Waals surface area contributed by atoms with Gasteiger partial charge in [0, 0.05) is 19.6 Å². The summed E-state index contributed by atoms with van der Waals surface area (Å²) < 4.78 is 9.15. The van der Waals surface area contributed by atoms with Crippen molar-refractivity contribution in [1.29, 1.82) is 0 Å². The SMILES string of the molecule is C=C(C)CN(CCC(=O)OC)CCC(=O)OC. The number of carbonyl (C=O) groups is 2. The van der Waals surface area contributed by atoms with E-state index < -0.39 is 0 Å². The summed E-state index contributed by atoms with van der Waals surface area (Å²) in [6, 6.07) is 0. The van der Waals surface area contributed by atoms with Gasteiger partial charge in [0.25, 0.3) is 0 Å². The van der Waals surface area contributed by atoms with Crippen LogP contribution in [0.3, 0.4) is 0 Å². The molecule has 0 aliphatic carbocycles. The lowest BCUT2D eigenvalue weighted by Crippen LogP contribution is -2.30. The Morgan fingerprint density at radius 1 is 1.06 bits per heavy atom. The molecule has 5 heteroatoms. The Labute approximate surface area is 102 Å². The van der Waals surface area contributed by atoms with Crippen LogP contribution in [0.1, 0.15) is 19.8 Å². The number of methoxy groups -OCH3 is 2. The summed E-state index contributed by atoms with van der Waals surface area (Å²) in [4.78, 5) is 24.0. The first-order valence-electron chi connectivity index (χ1n) is 5.50. The predicted molar refractivity (Wildman–Crippen MR) is 64.5 cm³/mol. The summed E-state index contributed by atoms with van der Waals surface area (Å²) in [5.74, 6) is -0.510. The quantitative estimate of drug-likeness (QED) is 0.470. The number of carbonyl (C=O) groups excluding carboxylic acids is 2. The summed E-state index contributed by atoms with van der Waals surface area (Å²) >= 11 is 0. The van der Waals surface area contributed by atoms with E-state index in [2.05, 4.69) is 16.1 Å². The van der Waals surface area contributed by atoms with Gasteiger partial charge in [-0.3, -0.25) is 14.5 Å². The molecular formula is C12H21NO4. The van der Waals surface area contributed by atoms with E-state index in [1.54, 1.807) is 0 Å². The highest BCUT2D eigenvalue weighted by Crippen LogP contribution is 2.01. The van der Waals surface area contributed by atoms with Gasteiger partial charge < -0.3 is 9.47 Å². The number of rotatable bonds is 8. The molecule has 0 rings (SSSR count). The lowest BCUT2D eigenvalue weighted by Gasteiger charge is -2.21. The van der Waals surface area contributed by atoms with Gasteiger partial charge in [0.15, 0.2) is 0 Å². The molecule has 0 heterocycles. The molecule has 98 valence electrons. The molecule has 0 spiro atoms. The van der Waals surface area contributed by atoms with Crippen LogP contribution in [0, 0.1) is 0 Å². The van der Waals surface area contributed by atoms with Gasteiger partial charge in [-0.25, -0.2) is 0 Å². The molecule has 0 N–H and O–H groups in total. The molecule has 0 saturated heterocycles. The molecule has 0 radical (unpaired) electrons. The van der Waals surface area contributed by atoms with Gasteiger partial charge in [0.05, 0.1) is 27.1 Å². The number of ether oxygens (including phenoxy) is 2. The van der Waals surface area contributed by atoms with Crippen LogP contribution in [0.5, 0.6) is 0 Å². The Morgan fingerprint density at radius 2 is 1.47 bits per heavy atom. The van der Waals surface area contributed by atoms with E-state index in [1.807, 2.05) is 11.8 Å². The van der Waals surface area contributed by atoms with Crippen LogP contribution in [-0.4, -0.2) is 50.7 Å². The molecular weight excluding hydrogens is 222 g/mol. The van der Waals surface area contributed by atoms with Crippen molar-refractivity contribution < 1.29 is 19.1 Å². The number of nitrogens with zero attached hydrogens (tertiary/aromatic N) is 1. The standard InChI is InChI=1S/C12H21NO4/c1-10(2)9-13(7-5-11(14)16-3)8-6-12(15)17-4/h1,5-9H2,2-4H3. The topological polar surface area (TPSA) is 55.8 Å². The third-order valence-electron chi connectivity index (χ3n) is 2.21. The van der Waals surface area contributed by atoms with E-state index in [4.69, 9.17) is 0 Å². The molecule has 0 fully saturated rings. The van der Waals surface area contributed by atoms with E-state index in [0.29, 0.717) is 32.5 Å². The Bertz CT molecular complexity index is 256. The van der Waals surface area contributed by atoms with Gasteiger partial charge in [-0.15, -0.1) is 0 Å². The molecule has 0 amide bonds. The molecule has 17 heavy (non-hydrogen) atoms. The van der Waals surface area contributed by atoms with Gasteiger partial charge in [-0.2, -0.15) is 0 Å². The Balaban J connectivity index is 4.09. The molecule has 5 nitrogen and oxygen atoms in total. The molecule has 0 aromatic carbocycles. The van der Waals surface area contributed by atoms with Gasteiger partial charge in [0.2, 0.25) is 0 Å². The zero-order valence-corrected chi connectivity index (χ0v) is 10.8. The van der Waals surface area contributed by atoms with Crippen LogP contribution >= 0.6 is 0 Å². The zero-order valence-electron chi connectivity index (χ0n) is 10.8. The average Bonchev–Trinajstić information content (AvgIpc) is 2.30. The fourth-order valence-corrected chi connectivity index (χ4v) is 1.35. The van der Waals surface area contributed by atoms with Crippen LogP contribution < -0.4 is 0 Å². The van der Waals surface area contributed by atoms with Gasteiger partial charge in [0.1, 0.15) is 0 Å². The molecule has 0 unspecified atom stereocenters. The predicted octanol–water partition coefficient (Wildman–Crippen LogP) is 0.991. The van der Waals surface area contributed by atoms with Crippen LogP contribution in [-0.2, 0) is 19.1 Å². The minimum absolute atomic E-state index is 0.255. The summed E-state index contributed by atoms with van der Waals surface area (Å²) in [7, 11) is 2.72. The summed E-state index contributed by atoms with van der Waals surface area (Å²) in [5.41, 5.74) is 0.986. The van der Waals surface area contributed by atoms with Crippen molar-refractivity contribution in [2.75, 3.05) is 33.9 Å². The highest BCUT2D eigenvalue weighted by atomic mass is 16.5. The minimum atomic E-state index is -0.255. The highest BCUT2D eigenvalue weighted by molar-refractivity contribution is 5.70. The van der Waals surface area contributed by atoms with Crippen molar-refractivity contribution in [1.82, 2.24) is 4.90 Å². The second-order valence-electron chi connectivity index (χ2n) is 3.89. The molecule has 0 aromatic rings. The van der Waals surface area contributed by atoms with E-state index in [1.165, 1.54) is 14.2 Å². The molecule has 0 aromatic heterocycles. The molecule has 0 bridgehead atoms. The molecule has 0 aliphatic heterocycles. The van der Waals surface area contributed by atoms with Crippen LogP contribution in [0.4, 0.5) is 0 Å². The fraction of sp³-hybridized carbons (Fsp3) is 0.667. The normalized spacial score (nSPS) is 10.1. The van der Waals surface area contributed by atoms with Crippen molar-refractivity contribution in [2.45, 2.75) is 19.8 Å².